The summed E-state index contributed by atoms with van der Waals surface area (Å²) in [7, 11) is 0. The first kappa shape index (κ1) is 10.3. The van der Waals surface area contributed by atoms with Crippen LogP contribution < -0.4 is 5.48 Å². The lowest BCUT2D eigenvalue weighted by atomic mass is 10.1. The molecular formula is C10H10N4O2. The van der Waals surface area contributed by atoms with Gasteiger partial charge in [0.1, 0.15) is 6.34 Å². The Kier molecular flexibility index (Phi) is 2.93. The minimum atomic E-state index is 0.397. The summed E-state index contributed by atoms with van der Waals surface area (Å²) >= 11 is 0. The molecule has 6 nitrogen and oxygen atoms in total. The SMILES string of the molecule is Cc1ccc(N=CNO)c(-c2ncno2)c1. The van der Waals surface area contributed by atoms with Crippen LogP contribution in [-0.2, 0) is 0 Å². The maximum Gasteiger partial charge on any atom is 0.259 e. The second-order valence-electron chi connectivity index (χ2n) is 3.15. The molecule has 0 aliphatic rings. The zero-order chi connectivity index (χ0) is 11.4. The van der Waals surface area contributed by atoms with Crippen LogP contribution in [0.5, 0.6) is 0 Å². The van der Waals surface area contributed by atoms with Crippen LogP contribution in [0.25, 0.3) is 11.5 Å². The van der Waals surface area contributed by atoms with Crippen LogP contribution in [0.4, 0.5) is 5.69 Å². The second-order valence-corrected chi connectivity index (χ2v) is 3.15. The highest BCUT2D eigenvalue weighted by molar-refractivity contribution is 5.74. The predicted molar refractivity (Wildman–Crippen MR) is 57.5 cm³/mol. The second kappa shape index (κ2) is 4.54. The molecule has 2 rings (SSSR count). The maximum atomic E-state index is 8.45. The van der Waals surface area contributed by atoms with E-state index in [1.54, 1.807) is 0 Å². The lowest BCUT2D eigenvalue weighted by Gasteiger charge is -2.02. The highest BCUT2D eigenvalue weighted by Gasteiger charge is 2.09. The standard InChI is InChI=1S/C10H10N4O2/c1-7-2-3-9(11-5-13-15)8(4-7)10-12-6-14-16-10/h2-6,15H,1H3,(H,11,13). The molecule has 0 saturated carbocycles. The number of rotatable bonds is 3. The minimum Gasteiger partial charge on any atom is -0.334 e. The third-order valence-corrected chi connectivity index (χ3v) is 2.01. The van der Waals surface area contributed by atoms with E-state index in [1.165, 1.54) is 12.7 Å². The van der Waals surface area contributed by atoms with Crippen molar-refractivity contribution in [2.24, 2.45) is 4.99 Å². The van der Waals surface area contributed by atoms with Gasteiger partial charge in [-0.2, -0.15) is 4.98 Å². The van der Waals surface area contributed by atoms with Crippen molar-refractivity contribution in [1.29, 1.82) is 0 Å². The summed E-state index contributed by atoms with van der Waals surface area (Å²) < 4.78 is 4.98. The Morgan fingerprint density at radius 3 is 3.06 bits per heavy atom. The molecular weight excluding hydrogens is 208 g/mol. The molecule has 0 aliphatic heterocycles. The zero-order valence-electron chi connectivity index (χ0n) is 8.58. The monoisotopic (exact) mass is 218 g/mol. The highest BCUT2D eigenvalue weighted by Crippen LogP contribution is 2.29. The average molecular weight is 218 g/mol. The number of nitrogens with one attached hydrogen (secondary N) is 1. The third-order valence-electron chi connectivity index (χ3n) is 2.01. The van der Waals surface area contributed by atoms with Gasteiger partial charge in [0.15, 0.2) is 6.33 Å². The fraction of sp³-hybridized carbons (Fsp3) is 0.100. The molecule has 0 amide bonds. The molecule has 1 aromatic carbocycles. The van der Waals surface area contributed by atoms with Crippen LogP contribution in [0.3, 0.4) is 0 Å². The van der Waals surface area contributed by atoms with E-state index in [0.717, 1.165) is 11.1 Å². The molecule has 0 atom stereocenters. The molecule has 2 N–H and O–H groups in total. The van der Waals surface area contributed by atoms with Gasteiger partial charge < -0.3 is 4.52 Å². The molecule has 6 heteroatoms. The summed E-state index contributed by atoms with van der Waals surface area (Å²) in [6.07, 6.45) is 2.50. The molecule has 2 aromatic rings. The van der Waals surface area contributed by atoms with Crippen LogP contribution in [0.15, 0.2) is 34.0 Å². The van der Waals surface area contributed by atoms with Crippen LogP contribution in [0, 0.1) is 6.92 Å². The van der Waals surface area contributed by atoms with Crippen molar-refractivity contribution in [3.63, 3.8) is 0 Å². The Bertz CT molecular complexity index is 494. The van der Waals surface area contributed by atoms with Crippen LogP contribution in [-0.4, -0.2) is 21.7 Å². The van der Waals surface area contributed by atoms with Crippen molar-refractivity contribution < 1.29 is 9.73 Å². The van der Waals surface area contributed by atoms with E-state index in [2.05, 4.69) is 15.1 Å². The van der Waals surface area contributed by atoms with E-state index in [1.807, 2.05) is 30.6 Å². The summed E-state index contributed by atoms with van der Waals surface area (Å²) in [6.45, 7) is 1.96. The van der Waals surface area contributed by atoms with Gasteiger partial charge in [-0.1, -0.05) is 16.8 Å². The van der Waals surface area contributed by atoms with E-state index in [9.17, 15) is 0 Å². The Morgan fingerprint density at radius 2 is 2.38 bits per heavy atom. The lowest BCUT2D eigenvalue weighted by Crippen LogP contribution is -2.01. The third kappa shape index (κ3) is 2.06. The summed E-state index contributed by atoms with van der Waals surface area (Å²) in [5.41, 5.74) is 4.27. The first-order chi connectivity index (χ1) is 7.81. The number of hydroxylamine groups is 1. The van der Waals surface area contributed by atoms with E-state index in [4.69, 9.17) is 9.73 Å². The summed E-state index contributed by atoms with van der Waals surface area (Å²) in [5.74, 6) is 0.397. The first-order valence-corrected chi connectivity index (χ1v) is 4.61. The van der Waals surface area contributed by atoms with Gasteiger partial charge in [0, 0.05) is 0 Å². The normalized spacial score (nSPS) is 10.9. The maximum absolute atomic E-state index is 8.45. The van der Waals surface area contributed by atoms with E-state index < -0.39 is 0 Å². The number of hydrogen-bond donors (Lipinski definition) is 2. The topological polar surface area (TPSA) is 83.5 Å². The van der Waals surface area contributed by atoms with E-state index in [0.29, 0.717) is 11.6 Å². The largest absolute Gasteiger partial charge is 0.334 e. The minimum absolute atomic E-state index is 0.397. The molecule has 0 fully saturated rings. The number of benzene rings is 1. The van der Waals surface area contributed by atoms with Gasteiger partial charge in [-0.25, -0.2) is 4.99 Å². The molecule has 0 saturated heterocycles. The smallest absolute Gasteiger partial charge is 0.259 e. The van der Waals surface area contributed by atoms with Crippen LogP contribution in [0.1, 0.15) is 5.56 Å². The number of aromatic nitrogens is 2. The van der Waals surface area contributed by atoms with Gasteiger partial charge in [-0.05, 0) is 19.1 Å². The molecule has 0 spiro atoms. The molecule has 0 unspecified atom stereocenters. The fourth-order valence-electron chi connectivity index (χ4n) is 1.32. The Labute approximate surface area is 91.6 Å². The van der Waals surface area contributed by atoms with Crippen molar-refractivity contribution in [3.8, 4) is 11.5 Å². The van der Waals surface area contributed by atoms with Crippen LogP contribution in [0.2, 0.25) is 0 Å². The van der Waals surface area contributed by atoms with Crippen molar-refractivity contribution >= 4 is 12.0 Å². The van der Waals surface area contributed by atoms with Crippen molar-refractivity contribution in [2.75, 3.05) is 0 Å². The van der Waals surface area contributed by atoms with Crippen molar-refractivity contribution in [3.05, 3.63) is 30.1 Å². The van der Waals surface area contributed by atoms with Crippen molar-refractivity contribution in [2.45, 2.75) is 6.92 Å². The Morgan fingerprint density at radius 1 is 1.50 bits per heavy atom. The van der Waals surface area contributed by atoms with Gasteiger partial charge >= 0.3 is 0 Å². The molecule has 1 heterocycles. The number of aliphatic imine (C=N–C) groups is 1. The highest BCUT2D eigenvalue weighted by atomic mass is 16.5. The van der Waals surface area contributed by atoms with Gasteiger partial charge in [-0.3, -0.25) is 10.7 Å². The molecule has 0 bridgehead atoms. The van der Waals surface area contributed by atoms with Gasteiger partial charge in [0.25, 0.3) is 5.89 Å². The fourth-order valence-corrected chi connectivity index (χ4v) is 1.32. The van der Waals surface area contributed by atoms with Gasteiger partial charge in [0.2, 0.25) is 0 Å². The number of nitrogens with zero attached hydrogens (tertiary/aromatic N) is 3. The molecule has 0 radical (unpaired) electrons. The van der Waals surface area contributed by atoms with Crippen molar-refractivity contribution in [1.82, 2.24) is 15.6 Å². The first-order valence-electron chi connectivity index (χ1n) is 4.61. The summed E-state index contributed by atoms with van der Waals surface area (Å²) in [6, 6.07) is 5.60. The summed E-state index contributed by atoms with van der Waals surface area (Å²) in [5, 5.41) is 12.0. The Balaban J connectivity index is 2.49. The zero-order valence-corrected chi connectivity index (χ0v) is 8.58. The average Bonchev–Trinajstić information content (AvgIpc) is 2.80. The molecule has 0 aliphatic carbocycles. The molecule has 16 heavy (non-hydrogen) atoms. The molecule has 1 aromatic heterocycles. The summed E-state index contributed by atoms with van der Waals surface area (Å²) in [4.78, 5) is 7.97. The number of hydrogen-bond acceptors (Lipinski definition) is 5. The van der Waals surface area contributed by atoms with Crippen LogP contribution >= 0.6 is 0 Å². The quantitative estimate of drug-likeness (QED) is 0.465. The lowest BCUT2D eigenvalue weighted by molar-refractivity contribution is 0.240. The van der Waals surface area contributed by atoms with E-state index in [-0.39, 0.29) is 0 Å². The molecule has 82 valence electrons. The Hall–Kier alpha value is -2.21. The van der Waals surface area contributed by atoms with Gasteiger partial charge in [0.05, 0.1) is 11.3 Å². The number of aryl methyl sites for hydroxylation is 1. The van der Waals surface area contributed by atoms with Gasteiger partial charge in [-0.15, -0.1) is 0 Å². The van der Waals surface area contributed by atoms with E-state index >= 15 is 0 Å². The predicted octanol–water partition coefficient (Wildman–Crippen LogP) is 1.68.